The number of aromatic amines is 1. The fraction of sp³-hybridized carbons (Fsp3) is 0.273. The molecule has 0 amide bonds. The Hall–Kier alpha value is -2.96. The van der Waals surface area contributed by atoms with Crippen LogP contribution in [0.2, 0.25) is 0 Å². The van der Waals surface area contributed by atoms with Crippen LogP contribution in [0.25, 0.3) is 11.3 Å². The third kappa shape index (κ3) is 4.09. The first-order valence-corrected chi connectivity index (χ1v) is 9.45. The highest BCUT2D eigenvalue weighted by molar-refractivity contribution is 5.64. The van der Waals surface area contributed by atoms with Crippen molar-refractivity contribution in [3.63, 3.8) is 0 Å². The maximum absolute atomic E-state index is 13.1. The first-order chi connectivity index (χ1) is 13.8. The lowest BCUT2D eigenvalue weighted by molar-refractivity contribution is -0.137. The Morgan fingerprint density at radius 2 is 1.72 bits per heavy atom. The van der Waals surface area contributed by atoms with Crippen LogP contribution in [0.5, 0.6) is 0 Å². The number of piperazine rings is 1. The first kappa shape index (κ1) is 19.4. The van der Waals surface area contributed by atoms with Crippen molar-refractivity contribution in [1.82, 2.24) is 4.98 Å². The minimum Gasteiger partial charge on any atom is -0.368 e. The number of anilines is 2. The van der Waals surface area contributed by atoms with Gasteiger partial charge in [0.2, 0.25) is 0 Å². The number of rotatable bonds is 3. The molecule has 1 aliphatic rings. The Bertz CT molecular complexity index is 978. The van der Waals surface area contributed by atoms with Crippen molar-refractivity contribution in [2.75, 3.05) is 29.4 Å². The minimum absolute atomic E-state index is 0.109. The van der Waals surface area contributed by atoms with E-state index in [-0.39, 0.29) is 11.9 Å². The summed E-state index contributed by atoms with van der Waals surface area (Å²) in [6.07, 6.45) is -4.34. The van der Waals surface area contributed by atoms with Gasteiger partial charge in [0.25, 0.3) is 0 Å². The van der Waals surface area contributed by atoms with E-state index in [4.69, 9.17) is 0 Å². The number of hydrogen-bond acceptors (Lipinski definition) is 2. The number of aromatic nitrogens is 1. The Morgan fingerprint density at radius 1 is 0.966 bits per heavy atom. The highest BCUT2D eigenvalue weighted by Gasteiger charge is 2.32. The summed E-state index contributed by atoms with van der Waals surface area (Å²) in [7, 11) is 0. The maximum atomic E-state index is 13.1. The van der Waals surface area contributed by atoms with Crippen molar-refractivity contribution in [3.8, 4) is 11.3 Å². The van der Waals surface area contributed by atoms with Gasteiger partial charge < -0.3 is 14.8 Å². The van der Waals surface area contributed by atoms with Crippen LogP contribution in [-0.4, -0.2) is 30.7 Å². The molecule has 2 aromatic carbocycles. The van der Waals surface area contributed by atoms with Crippen molar-refractivity contribution in [2.45, 2.75) is 19.1 Å². The Labute approximate surface area is 166 Å². The molecule has 0 bridgehead atoms. The van der Waals surface area contributed by atoms with Gasteiger partial charge in [-0.1, -0.05) is 6.07 Å². The quantitative estimate of drug-likeness (QED) is 0.579. The van der Waals surface area contributed by atoms with Crippen LogP contribution >= 0.6 is 0 Å². The number of H-pyrrole nitrogens is 1. The third-order valence-electron chi connectivity index (χ3n) is 5.30. The van der Waals surface area contributed by atoms with E-state index in [0.29, 0.717) is 25.3 Å². The predicted molar refractivity (Wildman–Crippen MR) is 107 cm³/mol. The summed E-state index contributed by atoms with van der Waals surface area (Å²) in [5, 5.41) is 0. The average Bonchev–Trinajstić information content (AvgIpc) is 3.18. The van der Waals surface area contributed by atoms with Crippen LogP contribution in [0.15, 0.2) is 60.7 Å². The van der Waals surface area contributed by atoms with Gasteiger partial charge in [0.1, 0.15) is 11.6 Å². The zero-order valence-corrected chi connectivity index (χ0v) is 15.9. The molecule has 2 heterocycles. The largest absolute Gasteiger partial charge is 0.416 e. The van der Waals surface area contributed by atoms with Crippen molar-refractivity contribution in [2.24, 2.45) is 0 Å². The fourth-order valence-electron chi connectivity index (χ4n) is 3.78. The van der Waals surface area contributed by atoms with Gasteiger partial charge in [-0.05, 0) is 67.1 Å². The Balaban J connectivity index is 1.48. The molecule has 0 spiro atoms. The number of hydrogen-bond donors (Lipinski definition) is 1. The molecule has 0 radical (unpaired) electrons. The molecule has 1 fully saturated rings. The predicted octanol–water partition coefficient (Wildman–Crippen LogP) is 5.55. The summed E-state index contributed by atoms with van der Waals surface area (Å²) in [5.74, 6) is 0.667. The van der Waals surface area contributed by atoms with Crippen LogP contribution in [-0.2, 0) is 6.18 Å². The topological polar surface area (TPSA) is 22.3 Å². The summed E-state index contributed by atoms with van der Waals surface area (Å²) in [4.78, 5) is 7.56. The molecule has 152 valence electrons. The van der Waals surface area contributed by atoms with Crippen molar-refractivity contribution < 1.29 is 17.6 Å². The molecule has 1 saturated heterocycles. The lowest BCUT2D eigenvalue weighted by atomic mass is 10.1. The average molecular weight is 403 g/mol. The smallest absolute Gasteiger partial charge is 0.368 e. The molecule has 0 saturated carbocycles. The molecule has 1 unspecified atom stereocenters. The molecule has 1 aromatic heterocycles. The van der Waals surface area contributed by atoms with Gasteiger partial charge in [-0.3, -0.25) is 0 Å². The number of benzene rings is 2. The second-order valence-electron chi connectivity index (χ2n) is 7.30. The minimum atomic E-state index is -4.34. The van der Waals surface area contributed by atoms with Crippen LogP contribution in [0.4, 0.5) is 29.1 Å². The summed E-state index contributed by atoms with van der Waals surface area (Å²) in [5.41, 5.74) is 1.75. The summed E-state index contributed by atoms with van der Waals surface area (Å²) < 4.78 is 52.2. The molecule has 1 aliphatic heterocycles. The second kappa shape index (κ2) is 7.46. The van der Waals surface area contributed by atoms with Crippen molar-refractivity contribution >= 4 is 11.5 Å². The number of alkyl halides is 3. The lowest BCUT2D eigenvalue weighted by Crippen LogP contribution is -2.52. The summed E-state index contributed by atoms with van der Waals surface area (Å²) in [6.45, 7) is 3.97. The van der Waals surface area contributed by atoms with Gasteiger partial charge in [0.05, 0.1) is 5.56 Å². The molecule has 1 N–H and O–H groups in total. The number of nitrogens with zero attached hydrogens (tertiary/aromatic N) is 2. The van der Waals surface area contributed by atoms with Gasteiger partial charge in [0.15, 0.2) is 0 Å². The van der Waals surface area contributed by atoms with E-state index in [2.05, 4.69) is 16.8 Å². The van der Waals surface area contributed by atoms with E-state index in [1.807, 2.05) is 17.0 Å². The van der Waals surface area contributed by atoms with E-state index in [9.17, 15) is 17.6 Å². The van der Waals surface area contributed by atoms with Crippen molar-refractivity contribution in [3.05, 3.63) is 72.0 Å². The normalized spacial score (nSPS) is 17.6. The molecule has 7 heteroatoms. The Morgan fingerprint density at radius 3 is 2.41 bits per heavy atom. The molecular formula is C22H21F4N3. The molecule has 3 aromatic rings. The van der Waals surface area contributed by atoms with E-state index in [1.165, 1.54) is 24.3 Å². The fourth-order valence-corrected chi connectivity index (χ4v) is 3.78. The molecule has 1 atom stereocenters. The maximum Gasteiger partial charge on any atom is 0.416 e. The van der Waals surface area contributed by atoms with E-state index in [1.54, 1.807) is 18.2 Å². The lowest BCUT2D eigenvalue weighted by Gasteiger charge is -2.41. The molecule has 29 heavy (non-hydrogen) atoms. The van der Waals surface area contributed by atoms with Gasteiger partial charge in [-0.15, -0.1) is 0 Å². The second-order valence-corrected chi connectivity index (χ2v) is 7.30. The van der Waals surface area contributed by atoms with Crippen LogP contribution in [0, 0.1) is 5.82 Å². The third-order valence-corrected chi connectivity index (χ3v) is 5.30. The number of nitrogens with one attached hydrogen (secondary N) is 1. The van der Waals surface area contributed by atoms with E-state index < -0.39 is 11.7 Å². The van der Waals surface area contributed by atoms with Crippen molar-refractivity contribution in [1.29, 1.82) is 0 Å². The van der Waals surface area contributed by atoms with Crippen LogP contribution in [0.1, 0.15) is 12.5 Å². The zero-order valence-electron chi connectivity index (χ0n) is 15.9. The van der Waals surface area contributed by atoms with E-state index >= 15 is 0 Å². The zero-order chi connectivity index (χ0) is 20.6. The summed E-state index contributed by atoms with van der Waals surface area (Å²) in [6, 6.07) is 15.8. The van der Waals surface area contributed by atoms with Gasteiger partial charge in [-0.25, -0.2) is 4.39 Å². The Kier molecular flexibility index (Phi) is 4.98. The van der Waals surface area contributed by atoms with Gasteiger partial charge in [0, 0.05) is 37.1 Å². The van der Waals surface area contributed by atoms with Crippen LogP contribution < -0.4 is 9.80 Å². The first-order valence-electron chi connectivity index (χ1n) is 9.45. The highest BCUT2D eigenvalue weighted by atomic mass is 19.4. The molecule has 0 aliphatic carbocycles. The van der Waals surface area contributed by atoms with Gasteiger partial charge in [-0.2, -0.15) is 13.2 Å². The molecular weight excluding hydrogens is 382 g/mol. The standard InChI is InChI=1S/C22H21F4N3/c1-15-14-28(19-4-2-3-17(13-19)22(24,25)26)11-12-29(15)21-10-9-20(27-21)16-5-7-18(23)8-6-16/h2-10,13,15,27H,11-12,14H2,1H3. The molecule has 4 rings (SSSR count). The highest BCUT2D eigenvalue weighted by Crippen LogP contribution is 2.33. The van der Waals surface area contributed by atoms with Crippen LogP contribution in [0.3, 0.4) is 0 Å². The molecule has 3 nitrogen and oxygen atoms in total. The number of halogens is 4. The van der Waals surface area contributed by atoms with E-state index in [0.717, 1.165) is 23.1 Å². The summed E-state index contributed by atoms with van der Waals surface area (Å²) >= 11 is 0. The monoisotopic (exact) mass is 403 g/mol. The van der Waals surface area contributed by atoms with Gasteiger partial charge >= 0.3 is 6.18 Å². The SMILES string of the molecule is CC1CN(c2cccc(C(F)(F)F)c2)CCN1c1ccc(-c2ccc(F)cc2)[nH]1.